The van der Waals surface area contributed by atoms with Crippen LogP contribution in [-0.4, -0.2) is 37.7 Å². The van der Waals surface area contributed by atoms with Crippen LogP contribution in [0, 0.1) is 0 Å². The zero-order chi connectivity index (χ0) is 16.7. The molecule has 128 valence electrons. The molecule has 4 rings (SSSR count). The molecule has 0 fully saturated rings. The van der Waals surface area contributed by atoms with Gasteiger partial charge in [0.05, 0.1) is 5.69 Å². The molecular formula is C18H25N5O. The first kappa shape index (κ1) is 15.4. The van der Waals surface area contributed by atoms with Crippen LogP contribution in [-0.2, 0) is 25.8 Å². The van der Waals surface area contributed by atoms with E-state index in [1.807, 2.05) is 4.90 Å². The van der Waals surface area contributed by atoms with Crippen molar-refractivity contribution in [2.75, 3.05) is 6.54 Å². The fourth-order valence-corrected chi connectivity index (χ4v) is 4.11. The molecule has 0 radical (unpaired) electrons. The van der Waals surface area contributed by atoms with Gasteiger partial charge in [0.2, 0.25) is 0 Å². The quantitative estimate of drug-likeness (QED) is 0.906. The summed E-state index contributed by atoms with van der Waals surface area (Å²) in [4.78, 5) is 14.9. The van der Waals surface area contributed by atoms with Crippen molar-refractivity contribution in [1.82, 2.24) is 25.3 Å². The molecule has 0 saturated carbocycles. The molecule has 2 aromatic rings. The molecule has 1 atom stereocenters. The summed E-state index contributed by atoms with van der Waals surface area (Å²) in [6.07, 6.45) is 6.22. The van der Waals surface area contributed by atoms with Crippen LogP contribution >= 0.6 is 0 Å². The minimum atomic E-state index is 0.0651. The van der Waals surface area contributed by atoms with Crippen LogP contribution in [0.15, 0.2) is 0 Å². The molecule has 0 unspecified atom stereocenters. The lowest BCUT2D eigenvalue weighted by atomic mass is 9.95. The van der Waals surface area contributed by atoms with Crippen molar-refractivity contribution < 1.29 is 4.79 Å². The molecule has 2 aliphatic rings. The fourth-order valence-electron chi connectivity index (χ4n) is 4.11. The van der Waals surface area contributed by atoms with E-state index in [1.165, 1.54) is 11.3 Å². The van der Waals surface area contributed by atoms with Crippen LogP contribution in [0.25, 0.3) is 0 Å². The first-order valence-corrected chi connectivity index (χ1v) is 9.10. The second-order valence-electron chi connectivity index (χ2n) is 7.12. The van der Waals surface area contributed by atoms with Gasteiger partial charge in [-0.1, -0.05) is 20.3 Å². The maximum Gasteiger partial charge on any atom is 0.274 e. The molecule has 0 bridgehead atoms. The topological polar surface area (TPSA) is 77.7 Å². The number of carbonyl (C=O) groups is 1. The van der Waals surface area contributed by atoms with E-state index in [0.717, 1.165) is 62.0 Å². The molecule has 1 aliphatic carbocycles. The van der Waals surface area contributed by atoms with E-state index in [0.29, 0.717) is 18.2 Å². The number of aromatic amines is 2. The highest BCUT2D eigenvalue weighted by Gasteiger charge is 2.31. The SMILES string of the molecule is CCC[C@H](C)c1n[nH]c2c1CN(C(=O)c1n[nH]c3c1CCC3)CC2. The van der Waals surface area contributed by atoms with Gasteiger partial charge in [0.1, 0.15) is 0 Å². The Morgan fingerprint density at radius 2 is 1.96 bits per heavy atom. The molecule has 6 nitrogen and oxygen atoms in total. The number of aryl methyl sites for hydroxylation is 1. The number of hydrogen-bond acceptors (Lipinski definition) is 3. The highest BCUT2D eigenvalue weighted by molar-refractivity contribution is 5.94. The van der Waals surface area contributed by atoms with Crippen LogP contribution in [0.2, 0.25) is 0 Å². The van der Waals surface area contributed by atoms with Crippen molar-refractivity contribution >= 4 is 5.91 Å². The van der Waals surface area contributed by atoms with Crippen LogP contribution in [0.3, 0.4) is 0 Å². The molecule has 2 aromatic heterocycles. The summed E-state index contributed by atoms with van der Waals surface area (Å²) in [6, 6.07) is 0. The summed E-state index contributed by atoms with van der Waals surface area (Å²) in [5.41, 5.74) is 6.48. The average Bonchev–Trinajstić information content (AvgIpc) is 3.28. The van der Waals surface area contributed by atoms with Gasteiger partial charge in [-0.25, -0.2) is 0 Å². The molecule has 1 aliphatic heterocycles. The van der Waals surface area contributed by atoms with Gasteiger partial charge >= 0.3 is 0 Å². The number of fused-ring (bicyclic) bond motifs is 2. The van der Waals surface area contributed by atoms with Crippen LogP contribution in [0.1, 0.15) is 77.7 Å². The standard InChI is InChI=1S/C18H25N5O/c1-3-5-11(2)16-13-10-23(9-8-15(13)20-21-16)18(24)17-12-6-4-7-14(12)19-22-17/h11H,3-10H2,1-2H3,(H,19,22)(H,20,21)/t11-/m0/s1. The van der Waals surface area contributed by atoms with E-state index in [4.69, 9.17) is 0 Å². The number of rotatable bonds is 4. The fraction of sp³-hybridized carbons (Fsp3) is 0.611. The number of amides is 1. The first-order chi connectivity index (χ1) is 11.7. The van der Waals surface area contributed by atoms with E-state index < -0.39 is 0 Å². The van der Waals surface area contributed by atoms with Gasteiger partial charge in [-0.15, -0.1) is 0 Å². The Kier molecular flexibility index (Phi) is 3.90. The summed E-state index contributed by atoms with van der Waals surface area (Å²) in [5, 5.41) is 15.1. The van der Waals surface area contributed by atoms with Gasteiger partial charge < -0.3 is 4.90 Å². The maximum absolute atomic E-state index is 13.0. The van der Waals surface area contributed by atoms with E-state index >= 15 is 0 Å². The van der Waals surface area contributed by atoms with Gasteiger partial charge in [-0.05, 0) is 25.7 Å². The molecule has 0 saturated heterocycles. The van der Waals surface area contributed by atoms with Crippen LogP contribution in [0.5, 0.6) is 0 Å². The van der Waals surface area contributed by atoms with E-state index in [1.54, 1.807) is 0 Å². The molecule has 0 spiro atoms. The van der Waals surface area contributed by atoms with Gasteiger partial charge in [0, 0.05) is 47.9 Å². The Morgan fingerprint density at radius 1 is 1.17 bits per heavy atom. The summed E-state index contributed by atoms with van der Waals surface area (Å²) < 4.78 is 0. The lowest BCUT2D eigenvalue weighted by Crippen LogP contribution is -2.36. The van der Waals surface area contributed by atoms with Crippen molar-refractivity contribution in [1.29, 1.82) is 0 Å². The highest BCUT2D eigenvalue weighted by Crippen LogP contribution is 2.30. The van der Waals surface area contributed by atoms with Crippen LogP contribution in [0.4, 0.5) is 0 Å². The lowest BCUT2D eigenvalue weighted by Gasteiger charge is -2.27. The summed E-state index contributed by atoms with van der Waals surface area (Å²) >= 11 is 0. The largest absolute Gasteiger partial charge is 0.332 e. The van der Waals surface area contributed by atoms with Crippen LogP contribution < -0.4 is 0 Å². The van der Waals surface area contributed by atoms with E-state index in [-0.39, 0.29) is 5.91 Å². The van der Waals surface area contributed by atoms with Gasteiger partial charge in [-0.3, -0.25) is 15.0 Å². The van der Waals surface area contributed by atoms with Crippen molar-refractivity contribution in [3.05, 3.63) is 33.9 Å². The van der Waals surface area contributed by atoms with Crippen molar-refractivity contribution in [2.45, 2.75) is 64.8 Å². The van der Waals surface area contributed by atoms with Crippen molar-refractivity contribution in [3.8, 4) is 0 Å². The normalized spacial score (nSPS) is 17.7. The third kappa shape index (κ3) is 2.44. The maximum atomic E-state index is 13.0. The Morgan fingerprint density at radius 3 is 2.79 bits per heavy atom. The number of hydrogen-bond donors (Lipinski definition) is 2. The summed E-state index contributed by atoms with van der Waals surface area (Å²) in [6.45, 7) is 5.80. The minimum absolute atomic E-state index is 0.0651. The Bertz CT molecular complexity index is 760. The predicted octanol–water partition coefficient (Wildman–Crippen LogP) is 2.72. The molecule has 24 heavy (non-hydrogen) atoms. The van der Waals surface area contributed by atoms with Crippen molar-refractivity contribution in [3.63, 3.8) is 0 Å². The Balaban J connectivity index is 1.57. The molecule has 1 amide bonds. The number of carbonyl (C=O) groups excluding carboxylic acids is 1. The number of H-pyrrole nitrogens is 2. The second kappa shape index (κ2) is 6.07. The number of aromatic nitrogens is 4. The summed E-state index contributed by atoms with van der Waals surface area (Å²) in [7, 11) is 0. The molecule has 6 heteroatoms. The third-order valence-electron chi connectivity index (χ3n) is 5.45. The van der Waals surface area contributed by atoms with E-state index in [2.05, 4.69) is 34.2 Å². The first-order valence-electron chi connectivity index (χ1n) is 9.10. The second-order valence-corrected chi connectivity index (χ2v) is 7.12. The monoisotopic (exact) mass is 327 g/mol. The average molecular weight is 327 g/mol. The number of nitrogens with one attached hydrogen (secondary N) is 2. The molecule has 2 N–H and O–H groups in total. The Labute approximate surface area is 142 Å². The molecule has 0 aromatic carbocycles. The Hall–Kier alpha value is -2.11. The van der Waals surface area contributed by atoms with Gasteiger partial charge in [0.15, 0.2) is 5.69 Å². The third-order valence-corrected chi connectivity index (χ3v) is 5.45. The molecular weight excluding hydrogens is 302 g/mol. The van der Waals surface area contributed by atoms with Gasteiger partial charge in [-0.2, -0.15) is 10.2 Å². The van der Waals surface area contributed by atoms with Crippen molar-refractivity contribution in [2.24, 2.45) is 0 Å². The predicted molar refractivity (Wildman–Crippen MR) is 91.0 cm³/mol. The zero-order valence-corrected chi connectivity index (χ0v) is 14.5. The number of nitrogens with zero attached hydrogens (tertiary/aromatic N) is 3. The lowest BCUT2D eigenvalue weighted by molar-refractivity contribution is 0.0726. The zero-order valence-electron chi connectivity index (χ0n) is 14.5. The van der Waals surface area contributed by atoms with E-state index in [9.17, 15) is 4.79 Å². The smallest absolute Gasteiger partial charge is 0.274 e. The molecule has 3 heterocycles. The highest BCUT2D eigenvalue weighted by atomic mass is 16.2. The van der Waals surface area contributed by atoms with Gasteiger partial charge in [0.25, 0.3) is 5.91 Å². The minimum Gasteiger partial charge on any atom is -0.332 e. The summed E-state index contributed by atoms with van der Waals surface area (Å²) in [5.74, 6) is 0.495.